The Morgan fingerprint density at radius 3 is 2.82 bits per heavy atom. The Morgan fingerprint density at radius 2 is 2.00 bits per heavy atom. The van der Waals surface area contributed by atoms with Gasteiger partial charge >= 0.3 is 0 Å². The van der Waals surface area contributed by atoms with Gasteiger partial charge in [-0.25, -0.2) is 15.0 Å². The van der Waals surface area contributed by atoms with Gasteiger partial charge in [-0.3, -0.25) is 0 Å². The van der Waals surface area contributed by atoms with Crippen LogP contribution in [0.5, 0.6) is 5.75 Å². The molecule has 6 nitrogen and oxygen atoms in total. The van der Waals surface area contributed by atoms with Crippen LogP contribution in [0.25, 0.3) is 11.2 Å². The SMILES string of the molecule is CCCCOc1ccc(CNc2ncnc3[nH]cnc23)cc1. The number of imidazole rings is 1. The largest absolute Gasteiger partial charge is 0.494 e. The molecule has 2 heterocycles. The normalized spacial score (nSPS) is 10.8. The summed E-state index contributed by atoms with van der Waals surface area (Å²) in [4.78, 5) is 15.5. The first kappa shape index (κ1) is 14.3. The van der Waals surface area contributed by atoms with E-state index in [4.69, 9.17) is 4.74 Å². The van der Waals surface area contributed by atoms with Crippen molar-refractivity contribution in [1.82, 2.24) is 19.9 Å². The highest BCUT2D eigenvalue weighted by Crippen LogP contribution is 2.17. The van der Waals surface area contributed by atoms with Gasteiger partial charge in [0.2, 0.25) is 0 Å². The molecule has 114 valence electrons. The van der Waals surface area contributed by atoms with Gasteiger partial charge in [0.1, 0.15) is 17.6 Å². The van der Waals surface area contributed by atoms with Crippen LogP contribution in [0.3, 0.4) is 0 Å². The zero-order valence-electron chi connectivity index (χ0n) is 12.5. The summed E-state index contributed by atoms with van der Waals surface area (Å²) in [6.45, 7) is 3.60. The van der Waals surface area contributed by atoms with Gasteiger partial charge in [0.25, 0.3) is 0 Å². The summed E-state index contributed by atoms with van der Waals surface area (Å²) in [6, 6.07) is 8.10. The molecule has 0 saturated heterocycles. The minimum Gasteiger partial charge on any atom is -0.494 e. The smallest absolute Gasteiger partial charge is 0.162 e. The van der Waals surface area contributed by atoms with Gasteiger partial charge in [0, 0.05) is 6.54 Å². The van der Waals surface area contributed by atoms with E-state index in [0.717, 1.165) is 47.7 Å². The summed E-state index contributed by atoms with van der Waals surface area (Å²) in [6.07, 6.45) is 5.36. The van der Waals surface area contributed by atoms with Crippen molar-refractivity contribution in [3.63, 3.8) is 0 Å². The number of fused-ring (bicyclic) bond motifs is 1. The summed E-state index contributed by atoms with van der Waals surface area (Å²) >= 11 is 0. The molecule has 0 atom stereocenters. The topological polar surface area (TPSA) is 75.7 Å². The molecule has 0 bridgehead atoms. The Hall–Kier alpha value is -2.63. The van der Waals surface area contributed by atoms with Crippen LogP contribution in [0.4, 0.5) is 5.82 Å². The maximum absolute atomic E-state index is 5.66. The van der Waals surface area contributed by atoms with Crippen molar-refractivity contribution in [1.29, 1.82) is 0 Å². The average Bonchev–Trinajstić information content (AvgIpc) is 3.03. The standard InChI is InChI=1S/C16H19N5O/c1-2-3-8-22-13-6-4-12(5-7-13)9-17-15-14-16(19-10-18-14)21-11-20-15/h4-7,10-11H,2-3,8-9H2,1H3,(H2,17,18,19,20,21). The number of aromatic nitrogens is 4. The van der Waals surface area contributed by atoms with E-state index in [0.29, 0.717) is 6.54 Å². The highest BCUT2D eigenvalue weighted by atomic mass is 16.5. The molecule has 0 aliphatic carbocycles. The van der Waals surface area contributed by atoms with Gasteiger partial charge in [-0.2, -0.15) is 0 Å². The van der Waals surface area contributed by atoms with E-state index < -0.39 is 0 Å². The molecule has 0 radical (unpaired) electrons. The van der Waals surface area contributed by atoms with Crippen LogP contribution in [0, 0.1) is 0 Å². The first-order valence-electron chi connectivity index (χ1n) is 7.46. The lowest BCUT2D eigenvalue weighted by Crippen LogP contribution is -2.03. The molecule has 0 amide bonds. The number of unbranched alkanes of at least 4 members (excludes halogenated alkanes) is 1. The number of anilines is 1. The first-order valence-corrected chi connectivity index (χ1v) is 7.46. The number of nitrogens with one attached hydrogen (secondary N) is 2. The molecule has 3 rings (SSSR count). The Bertz CT molecular complexity index is 723. The van der Waals surface area contributed by atoms with E-state index in [1.54, 1.807) is 6.33 Å². The van der Waals surface area contributed by atoms with Gasteiger partial charge in [-0.05, 0) is 24.1 Å². The molecule has 0 aliphatic heterocycles. The molecule has 2 N–H and O–H groups in total. The molecule has 6 heteroatoms. The fourth-order valence-corrected chi connectivity index (χ4v) is 2.12. The lowest BCUT2D eigenvalue weighted by molar-refractivity contribution is 0.309. The van der Waals surface area contributed by atoms with Crippen molar-refractivity contribution in [2.45, 2.75) is 26.3 Å². The maximum Gasteiger partial charge on any atom is 0.162 e. The summed E-state index contributed by atoms with van der Waals surface area (Å²) in [5, 5.41) is 3.29. The Labute approximate surface area is 129 Å². The number of hydrogen-bond acceptors (Lipinski definition) is 5. The van der Waals surface area contributed by atoms with Crippen molar-refractivity contribution in [3.8, 4) is 5.75 Å². The van der Waals surface area contributed by atoms with E-state index >= 15 is 0 Å². The second kappa shape index (κ2) is 6.89. The zero-order chi connectivity index (χ0) is 15.2. The van der Waals surface area contributed by atoms with E-state index in [9.17, 15) is 0 Å². The van der Waals surface area contributed by atoms with Crippen LogP contribution in [0.15, 0.2) is 36.9 Å². The van der Waals surface area contributed by atoms with Crippen molar-refractivity contribution in [3.05, 3.63) is 42.5 Å². The zero-order valence-corrected chi connectivity index (χ0v) is 12.5. The fourth-order valence-electron chi connectivity index (χ4n) is 2.12. The number of aromatic amines is 1. The van der Waals surface area contributed by atoms with Crippen molar-refractivity contribution in [2.75, 3.05) is 11.9 Å². The van der Waals surface area contributed by atoms with Crippen molar-refractivity contribution < 1.29 is 4.74 Å². The Morgan fingerprint density at radius 1 is 1.14 bits per heavy atom. The fraction of sp³-hybridized carbons (Fsp3) is 0.312. The first-order chi connectivity index (χ1) is 10.9. The predicted octanol–water partition coefficient (Wildman–Crippen LogP) is 3.14. The number of hydrogen-bond donors (Lipinski definition) is 2. The van der Waals surface area contributed by atoms with Crippen LogP contribution in [-0.4, -0.2) is 26.5 Å². The highest BCUT2D eigenvalue weighted by molar-refractivity contribution is 5.81. The molecule has 0 saturated carbocycles. The van der Waals surface area contributed by atoms with Gasteiger partial charge in [0.15, 0.2) is 11.5 Å². The van der Waals surface area contributed by atoms with Gasteiger partial charge in [-0.1, -0.05) is 25.5 Å². The van der Waals surface area contributed by atoms with Crippen LogP contribution < -0.4 is 10.1 Å². The predicted molar refractivity (Wildman–Crippen MR) is 85.9 cm³/mol. The number of rotatable bonds is 7. The Balaban J connectivity index is 1.60. The number of nitrogens with zero attached hydrogens (tertiary/aromatic N) is 3. The molecule has 2 aromatic heterocycles. The third-order valence-corrected chi connectivity index (χ3v) is 3.37. The third kappa shape index (κ3) is 3.33. The molecule has 0 aliphatic rings. The van der Waals surface area contributed by atoms with E-state index in [-0.39, 0.29) is 0 Å². The molecular weight excluding hydrogens is 278 g/mol. The molecule has 0 unspecified atom stereocenters. The molecule has 0 fully saturated rings. The lowest BCUT2D eigenvalue weighted by atomic mass is 10.2. The van der Waals surface area contributed by atoms with Crippen LogP contribution in [0.1, 0.15) is 25.3 Å². The van der Waals surface area contributed by atoms with Crippen LogP contribution in [-0.2, 0) is 6.54 Å². The van der Waals surface area contributed by atoms with E-state index in [2.05, 4.69) is 44.3 Å². The van der Waals surface area contributed by atoms with Gasteiger partial charge < -0.3 is 15.0 Å². The highest BCUT2D eigenvalue weighted by Gasteiger charge is 2.05. The van der Waals surface area contributed by atoms with Gasteiger partial charge in [-0.15, -0.1) is 0 Å². The minimum absolute atomic E-state index is 0.675. The third-order valence-electron chi connectivity index (χ3n) is 3.37. The second-order valence-electron chi connectivity index (χ2n) is 5.02. The number of H-pyrrole nitrogens is 1. The number of benzene rings is 1. The molecule has 0 spiro atoms. The summed E-state index contributed by atoms with van der Waals surface area (Å²) in [5.74, 6) is 1.64. The second-order valence-corrected chi connectivity index (χ2v) is 5.02. The molecule has 1 aromatic carbocycles. The van der Waals surface area contributed by atoms with E-state index in [1.165, 1.54) is 6.33 Å². The maximum atomic E-state index is 5.66. The average molecular weight is 297 g/mol. The quantitative estimate of drug-likeness (QED) is 0.655. The number of ether oxygens (including phenoxy) is 1. The van der Waals surface area contributed by atoms with Crippen molar-refractivity contribution in [2.24, 2.45) is 0 Å². The van der Waals surface area contributed by atoms with E-state index in [1.807, 2.05) is 12.1 Å². The van der Waals surface area contributed by atoms with Crippen LogP contribution >= 0.6 is 0 Å². The van der Waals surface area contributed by atoms with Crippen LogP contribution in [0.2, 0.25) is 0 Å². The monoisotopic (exact) mass is 297 g/mol. The summed E-state index contributed by atoms with van der Waals surface area (Å²) in [5.41, 5.74) is 2.64. The minimum atomic E-state index is 0.675. The lowest BCUT2D eigenvalue weighted by Gasteiger charge is -2.08. The summed E-state index contributed by atoms with van der Waals surface area (Å²) < 4.78 is 5.66. The molecule has 22 heavy (non-hydrogen) atoms. The molecule has 3 aromatic rings. The Kier molecular flexibility index (Phi) is 4.48. The van der Waals surface area contributed by atoms with Gasteiger partial charge in [0.05, 0.1) is 12.9 Å². The van der Waals surface area contributed by atoms with Crippen molar-refractivity contribution >= 4 is 17.0 Å². The molecular formula is C16H19N5O. The summed E-state index contributed by atoms with van der Waals surface area (Å²) in [7, 11) is 0.